The second kappa shape index (κ2) is 14.5. The van der Waals surface area contributed by atoms with E-state index in [1.54, 1.807) is 18.5 Å². The van der Waals surface area contributed by atoms with Gasteiger partial charge in [0.25, 0.3) is 0 Å². The van der Waals surface area contributed by atoms with Crippen LogP contribution in [0.4, 0.5) is 4.39 Å². The number of rotatable bonds is 5. The van der Waals surface area contributed by atoms with Crippen molar-refractivity contribution < 1.29 is 33.0 Å². The molecular weight excluding hydrogens is 800 g/mol. The number of benzene rings is 4. The molecule has 0 aliphatic heterocycles. The molecule has 4 heterocycles. The number of para-hydroxylation sites is 2. The SMILES string of the molecule is CC(C)c1cccc(C(C)C)c1-n1c(-c2[c-]ccc3c2oc2ccccc23)nc2ncccc21.[2H]C([2H])([2H])c1c[c-]c(-c2ccc(C)cn2)c(F)c1.[Ir]. The Labute approximate surface area is 309 Å². The van der Waals surface area contributed by atoms with Crippen LogP contribution in [-0.2, 0) is 20.1 Å². The van der Waals surface area contributed by atoms with Crippen molar-refractivity contribution in [2.75, 3.05) is 0 Å². The molecule has 0 bridgehead atoms. The summed E-state index contributed by atoms with van der Waals surface area (Å²) in [5, 5.41) is 2.16. The molecule has 253 valence electrons. The quantitative estimate of drug-likeness (QED) is 0.162. The third-order valence-electron chi connectivity index (χ3n) is 8.62. The van der Waals surface area contributed by atoms with E-state index in [4.69, 9.17) is 13.5 Å². The number of aromatic nitrogens is 4. The summed E-state index contributed by atoms with van der Waals surface area (Å²) < 4.78 is 44.1. The Morgan fingerprint density at radius 3 is 2.30 bits per heavy atom. The fourth-order valence-electron chi connectivity index (χ4n) is 6.22. The molecule has 0 atom stereocenters. The predicted octanol–water partition coefficient (Wildman–Crippen LogP) is 11.3. The summed E-state index contributed by atoms with van der Waals surface area (Å²) in [6, 6.07) is 34.8. The summed E-state index contributed by atoms with van der Waals surface area (Å²) >= 11 is 0. The molecule has 50 heavy (non-hydrogen) atoms. The molecule has 0 fully saturated rings. The van der Waals surface area contributed by atoms with Gasteiger partial charge in [-0.2, -0.15) is 0 Å². The number of imidazole rings is 1. The third-order valence-corrected chi connectivity index (χ3v) is 8.62. The van der Waals surface area contributed by atoms with Crippen LogP contribution in [0.25, 0.3) is 61.4 Å². The second-order valence-corrected chi connectivity index (χ2v) is 12.7. The minimum atomic E-state index is -2.32. The average molecular weight is 840 g/mol. The summed E-state index contributed by atoms with van der Waals surface area (Å²) in [7, 11) is 0. The fraction of sp³-hybridized carbons (Fsp3) is 0.186. The first-order valence-electron chi connectivity index (χ1n) is 17.9. The van der Waals surface area contributed by atoms with Gasteiger partial charge >= 0.3 is 0 Å². The first-order chi connectivity index (χ1) is 24.9. The van der Waals surface area contributed by atoms with Gasteiger partial charge in [0.2, 0.25) is 0 Å². The molecule has 0 amide bonds. The molecule has 1 radical (unpaired) electrons. The second-order valence-electron chi connectivity index (χ2n) is 12.7. The van der Waals surface area contributed by atoms with Crippen molar-refractivity contribution >= 4 is 33.1 Å². The molecule has 0 spiro atoms. The van der Waals surface area contributed by atoms with Gasteiger partial charge in [0.15, 0.2) is 5.65 Å². The zero-order chi connectivity index (χ0) is 36.7. The maximum Gasteiger partial charge on any atom is 0.168 e. The van der Waals surface area contributed by atoms with Gasteiger partial charge in [0.1, 0.15) is 5.58 Å². The number of furan rings is 1. The summed E-state index contributed by atoms with van der Waals surface area (Å²) in [4.78, 5) is 13.7. The van der Waals surface area contributed by atoms with Gasteiger partial charge in [-0.15, -0.1) is 42.0 Å². The zero-order valence-electron chi connectivity index (χ0n) is 31.4. The standard InChI is InChI=1S/C30H26N3O.C13H11FN.Ir/c1-18(2)20-11-7-12-21(19(3)4)27(20)33-25-15-9-17-31-29(25)32-30(33)24-14-8-13-23-22-10-5-6-16-26(22)34-28(23)24;1-9-3-5-11(12(14)7-9)13-6-4-10(2)8-15-13;/h5-13,15-19H,1-4H3;3-4,6-8H,1-2H3;/q2*-1;/i;1D3;. The number of hydrogen-bond acceptors (Lipinski definition) is 4. The maximum absolute atomic E-state index is 13.8. The molecule has 5 nitrogen and oxygen atoms in total. The van der Waals surface area contributed by atoms with E-state index in [2.05, 4.69) is 90.8 Å². The van der Waals surface area contributed by atoms with Crippen LogP contribution >= 0.6 is 0 Å². The fourth-order valence-corrected chi connectivity index (χ4v) is 6.22. The smallest absolute Gasteiger partial charge is 0.168 e. The van der Waals surface area contributed by atoms with Crippen LogP contribution in [0.1, 0.15) is 65.9 Å². The van der Waals surface area contributed by atoms with Crippen LogP contribution in [0, 0.1) is 31.7 Å². The Hall–Kier alpha value is -4.97. The molecule has 0 unspecified atom stereocenters. The van der Waals surface area contributed by atoms with E-state index < -0.39 is 12.7 Å². The molecule has 0 saturated carbocycles. The van der Waals surface area contributed by atoms with Gasteiger partial charge < -0.3 is 14.0 Å². The molecule has 4 aromatic heterocycles. The monoisotopic (exact) mass is 840 g/mol. The predicted molar refractivity (Wildman–Crippen MR) is 197 cm³/mol. The van der Waals surface area contributed by atoms with Crippen LogP contribution in [0.3, 0.4) is 0 Å². The van der Waals surface area contributed by atoms with Gasteiger partial charge in [-0.25, -0.2) is 4.98 Å². The Balaban J connectivity index is 0.000000215. The molecule has 8 rings (SSSR count). The van der Waals surface area contributed by atoms with E-state index in [0.29, 0.717) is 23.2 Å². The van der Waals surface area contributed by atoms with Crippen LogP contribution in [0.5, 0.6) is 0 Å². The van der Waals surface area contributed by atoms with E-state index >= 15 is 0 Å². The number of fused-ring (bicyclic) bond motifs is 4. The first kappa shape index (κ1) is 31.0. The molecule has 0 saturated heterocycles. The Morgan fingerprint density at radius 1 is 0.820 bits per heavy atom. The molecule has 0 aliphatic carbocycles. The molecule has 0 N–H and O–H groups in total. The van der Waals surface area contributed by atoms with Crippen LogP contribution in [0.15, 0.2) is 108 Å². The first-order valence-corrected chi connectivity index (χ1v) is 16.4. The van der Waals surface area contributed by atoms with Crippen molar-refractivity contribution in [1.29, 1.82) is 0 Å². The maximum atomic E-state index is 13.8. The molecule has 0 aliphatic rings. The number of nitrogens with zero attached hydrogens (tertiary/aromatic N) is 4. The van der Waals surface area contributed by atoms with Gasteiger partial charge in [-0.1, -0.05) is 99.6 Å². The minimum Gasteiger partial charge on any atom is -0.501 e. The van der Waals surface area contributed by atoms with E-state index in [0.717, 1.165) is 50.5 Å². The van der Waals surface area contributed by atoms with Gasteiger partial charge in [-0.05, 0) is 59.3 Å². The zero-order valence-corrected chi connectivity index (χ0v) is 30.8. The van der Waals surface area contributed by atoms with Crippen LogP contribution in [0.2, 0.25) is 0 Å². The van der Waals surface area contributed by atoms with Crippen molar-refractivity contribution in [1.82, 2.24) is 19.5 Å². The number of aryl methyl sites for hydroxylation is 2. The number of hydrogen-bond donors (Lipinski definition) is 0. The van der Waals surface area contributed by atoms with Crippen LogP contribution in [-0.4, -0.2) is 19.5 Å². The van der Waals surface area contributed by atoms with E-state index in [1.807, 2.05) is 43.3 Å². The Kier molecular flexibility index (Phi) is 8.99. The molecule has 7 heteroatoms. The van der Waals surface area contributed by atoms with E-state index in [9.17, 15) is 4.39 Å². The molecule has 8 aromatic rings. The van der Waals surface area contributed by atoms with Gasteiger partial charge in [0.05, 0.1) is 16.9 Å². The minimum absolute atomic E-state index is 0. The Bertz CT molecular complexity index is 2530. The summed E-state index contributed by atoms with van der Waals surface area (Å²) in [6.07, 6.45) is 3.42. The van der Waals surface area contributed by atoms with Gasteiger partial charge in [0, 0.05) is 53.5 Å². The summed E-state index contributed by atoms with van der Waals surface area (Å²) in [5.41, 5.74) is 9.49. The summed E-state index contributed by atoms with van der Waals surface area (Å²) in [5.74, 6) is 0.872. The van der Waals surface area contributed by atoms with Crippen molar-refractivity contribution in [3.8, 4) is 28.3 Å². The van der Waals surface area contributed by atoms with Crippen molar-refractivity contribution in [3.63, 3.8) is 0 Å². The van der Waals surface area contributed by atoms with E-state index in [-0.39, 0.29) is 31.2 Å². The molecular formula is C43H37FIrN4O-2. The summed E-state index contributed by atoms with van der Waals surface area (Å²) in [6.45, 7) is 8.53. The topological polar surface area (TPSA) is 56.7 Å². The average Bonchev–Trinajstić information content (AvgIpc) is 3.70. The van der Waals surface area contributed by atoms with Crippen molar-refractivity contribution in [3.05, 3.63) is 144 Å². The van der Waals surface area contributed by atoms with Gasteiger partial charge in [-0.3, -0.25) is 9.37 Å². The van der Waals surface area contributed by atoms with E-state index in [1.165, 1.54) is 22.9 Å². The van der Waals surface area contributed by atoms with Crippen LogP contribution < -0.4 is 0 Å². The van der Waals surface area contributed by atoms with Crippen molar-refractivity contribution in [2.24, 2.45) is 0 Å². The largest absolute Gasteiger partial charge is 0.501 e. The number of pyridine rings is 2. The normalized spacial score (nSPS) is 12.4. The molecule has 4 aromatic carbocycles. The number of halogens is 1. The van der Waals surface area contributed by atoms with Crippen molar-refractivity contribution in [2.45, 2.75) is 53.3 Å². The third kappa shape index (κ3) is 6.51. The Morgan fingerprint density at radius 2 is 1.60 bits per heavy atom.